The van der Waals surface area contributed by atoms with Crippen LogP contribution in [0.1, 0.15) is 13.8 Å². The number of rotatable bonds is 3. The van der Waals surface area contributed by atoms with E-state index >= 15 is 0 Å². The van der Waals surface area contributed by atoms with Crippen LogP contribution in [0.15, 0.2) is 18.2 Å². The van der Waals surface area contributed by atoms with E-state index in [-0.39, 0.29) is 24.0 Å². The SMILES string of the molecule is CC(=O)Nc1ccc(F)c(NC(=O)C(C)N)c1.Cl. The van der Waals surface area contributed by atoms with Gasteiger partial charge < -0.3 is 16.4 Å². The Morgan fingerprint density at radius 1 is 1.33 bits per heavy atom. The molecule has 5 nitrogen and oxygen atoms in total. The first-order valence-corrected chi connectivity index (χ1v) is 5.03. The van der Waals surface area contributed by atoms with Gasteiger partial charge in [0.1, 0.15) is 5.82 Å². The zero-order valence-corrected chi connectivity index (χ0v) is 10.8. The molecule has 1 atom stereocenters. The third-order valence-electron chi connectivity index (χ3n) is 1.96. The summed E-state index contributed by atoms with van der Waals surface area (Å²) in [6, 6.07) is 3.15. The lowest BCUT2D eigenvalue weighted by Gasteiger charge is -2.10. The second kappa shape index (κ2) is 6.93. The normalized spacial score (nSPS) is 11.1. The van der Waals surface area contributed by atoms with Gasteiger partial charge in [0.25, 0.3) is 0 Å². The van der Waals surface area contributed by atoms with E-state index in [9.17, 15) is 14.0 Å². The van der Waals surface area contributed by atoms with E-state index in [0.29, 0.717) is 5.69 Å². The van der Waals surface area contributed by atoms with Crippen molar-refractivity contribution in [2.75, 3.05) is 10.6 Å². The second-order valence-electron chi connectivity index (χ2n) is 3.65. The van der Waals surface area contributed by atoms with E-state index < -0.39 is 17.8 Å². The second-order valence-corrected chi connectivity index (χ2v) is 3.65. The van der Waals surface area contributed by atoms with Gasteiger partial charge >= 0.3 is 0 Å². The quantitative estimate of drug-likeness (QED) is 0.781. The molecule has 0 bridgehead atoms. The highest BCUT2D eigenvalue weighted by Gasteiger charge is 2.11. The van der Waals surface area contributed by atoms with Crippen LogP contribution in [0.3, 0.4) is 0 Å². The molecule has 4 N–H and O–H groups in total. The van der Waals surface area contributed by atoms with Crippen molar-refractivity contribution in [2.45, 2.75) is 19.9 Å². The Labute approximate surface area is 110 Å². The minimum absolute atomic E-state index is 0. The summed E-state index contributed by atoms with van der Waals surface area (Å²) in [4.78, 5) is 22.1. The van der Waals surface area contributed by atoms with Crippen molar-refractivity contribution in [1.82, 2.24) is 0 Å². The molecule has 100 valence electrons. The number of hydrogen-bond donors (Lipinski definition) is 3. The molecular weight excluding hydrogens is 261 g/mol. The minimum atomic E-state index is -0.737. The van der Waals surface area contributed by atoms with E-state index in [0.717, 1.165) is 6.07 Å². The van der Waals surface area contributed by atoms with Gasteiger partial charge in [0, 0.05) is 12.6 Å². The Morgan fingerprint density at radius 3 is 2.44 bits per heavy atom. The van der Waals surface area contributed by atoms with Gasteiger partial charge in [-0.2, -0.15) is 0 Å². The van der Waals surface area contributed by atoms with E-state index in [4.69, 9.17) is 5.73 Å². The number of hydrogen-bond acceptors (Lipinski definition) is 3. The number of nitrogens with two attached hydrogens (primary N) is 1. The molecule has 0 aliphatic heterocycles. The molecule has 1 aromatic rings. The van der Waals surface area contributed by atoms with Gasteiger partial charge in [-0.3, -0.25) is 9.59 Å². The van der Waals surface area contributed by atoms with Crippen molar-refractivity contribution in [3.05, 3.63) is 24.0 Å². The van der Waals surface area contributed by atoms with Crippen LogP contribution >= 0.6 is 12.4 Å². The van der Waals surface area contributed by atoms with Crippen LogP contribution in [-0.4, -0.2) is 17.9 Å². The zero-order valence-electron chi connectivity index (χ0n) is 9.99. The first kappa shape index (κ1) is 16.3. The molecule has 0 saturated carbocycles. The van der Waals surface area contributed by atoms with Crippen LogP contribution in [0.25, 0.3) is 0 Å². The molecule has 2 amide bonds. The molecule has 0 fully saturated rings. The Kier molecular flexibility index (Phi) is 6.29. The van der Waals surface area contributed by atoms with Crippen molar-refractivity contribution in [1.29, 1.82) is 0 Å². The fourth-order valence-corrected chi connectivity index (χ4v) is 1.15. The largest absolute Gasteiger partial charge is 0.326 e. The molecule has 1 unspecified atom stereocenters. The number of amides is 2. The maximum absolute atomic E-state index is 13.4. The molecule has 7 heteroatoms. The monoisotopic (exact) mass is 275 g/mol. The summed E-state index contributed by atoms with van der Waals surface area (Å²) in [5.41, 5.74) is 5.73. The summed E-state index contributed by atoms with van der Waals surface area (Å²) < 4.78 is 13.4. The number of halogens is 2. The summed E-state index contributed by atoms with van der Waals surface area (Å²) in [6.07, 6.45) is 0. The lowest BCUT2D eigenvalue weighted by Crippen LogP contribution is -2.32. The highest BCUT2D eigenvalue weighted by atomic mass is 35.5. The van der Waals surface area contributed by atoms with E-state index in [2.05, 4.69) is 10.6 Å². The first-order chi connectivity index (χ1) is 7.90. The number of benzene rings is 1. The van der Waals surface area contributed by atoms with E-state index in [1.807, 2.05) is 0 Å². The van der Waals surface area contributed by atoms with Crippen LogP contribution in [0.2, 0.25) is 0 Å². The predicted octanol–water partition coefficient (Wildman–Crippen LogP) is 1.49. The van der Waals surface area contributed by atoms with Crippen molar-refractivity contribution in [2.24, 2.45) is 5.73 Å². The molecular formula is C11H15ClFN3O2. The Hall–Kier alpha value is -1.66. The third-order valence-corrected chi connectivity index (χ3v) is 1.96. The smallest absolute Gasteiger partial charge is 0.241 e. The standard InChI is InChI=1S/C11H14FN3O2.ClH/c1-6(13)11(17)15-10-5-8(14-7(2)16)3-4-9(10)12;/h3-6H,13H2,1-2H3,(H,14,16)(H,15,17);1H. The van der Waals surface area contributed by atoms with Crippen LogP contribution in [-0.2, 0) is 9.59 Å². The highest BCUT2D eigenvalue weighted by Crippen LogP contribution is 2.19. The molecule has 1 rings (SSSR count). The van der Waals surface area contributed by atoms with Crippen molar-refractivity contribution in [3.63, 3.8) is 0 Å². The van der Waals surface area contributed by atoms with Crippen LogP contribution in [0.5, 0.6) is 0 Å². The van der Waals surface area contributed by atoms with Gasteiger partial charge in [-0.1, -0.05) is 0 Å². The average Bonchev–Trinajstić information content (AvgIpc) is 2.22. The fourth-order valence-electron chi connectivity index (χ4n) is 1.15. The van der Waals surface area contributed by atoms with E-state index in [1.54, 1.807) is 0 Å². The molecule has 0 spiro atoms. The van der Waals surface area contributed by atoms with Crippen LogP contribution in [0.4, 0.5) is 15.8 Å². The summed E-state index contributed by atoms with van der Waals surface area (Å²) in [6.45, 7) is 2.83. The maximum atomic E-state index is 13.4. The topological polar surface area (TPSA) is 84.2 Å². The van der Waals surface area contributed by atoms with E-state index in [1.165, 1.54) is 26.0 Å². The molecule has 0 aromatic heterocycles. The number of anilines is 2. The lowest BCUT2D eigenvalue weighted by molar-refractivity contribution is -0.117. The van der Waals surface area contributed by atoms with Gasteiger partial charge in [0.15, 0.2) is 0 Å². The summed E-state index contributed by atoms with van der Waals surface area (Å²) in [7, 11) is 0. The summed E-state index contributed by atoms with van der Waals surface area (Å²) in [5, 5.41) is 4.82. The maximum Gasteiger partial charge on any atom is 0.241 e. The molecule has 0 aliphatic rings. The fraction of sp³-hybridized carbons (Fsp3) is 0.273. The Bertz CT molecular complexity index is 452. The molecule has 18 heavy (non-hydrogen) atoms. The first-order valence-electron chi connectivity index (χ1n) is 5.03. The number of nitrogens with one attached hydrogen (secondary N) is 2. The lowest BCUT2D eigenvalue weighted by atomic mass is 10.2. The molecule has 1 aromatic carbocycles. The van der Waals surface area contributed by atoms with Crippen molar-refractivity contribution in [3.8, 4) is 0 Å². The molecule has 0 aliphatic carbocycles. The molecule has 0 saturated heterocycles. The summed E-state index contributed by atoms with van der Waals surface area (Å²) in [5.74, 6) is -1.36. The van der Waals surface area contributed by atoms with Crippen molar-refractivity contribution < 1.29 is 14.0 Å². The minimum Gasteiger partial charge on any atom is -0.326 e. The number of carbonyl (C=O) groups excluding carboxylic acids is 2. The van der Waals surface area contributed by atoms with Gasteiger partial charge in [-0.05, 0) is 25.1 Å². The highest BCUT2D eigenvalue weighted by molar-refractivity contribution is 5.95. The van der Waals surface area contributed by atoms with Crippen LogP contribution in [0, 0.1) is 5.82 Å². The Morgan fingerprint density at radius 2 is 1.94 bits per heavy atom. The number of carbonyl (C=O) groups is 2. The van der Waals surface area contributed by atoms with Crippen LogP contribution < -0.4 is 16.4 Å². The average molecular weight is 276 g/mol. The third kappa shape index (κ3) is 4.68. The van der Waals surface area contributed by atoms with Gasteiger partial charge in [0.05, 0.1) is 11.7 Å². The zero-order chi connectivity index (χ0) is 13.0. The van der Waals surface area contributed by atoms with Gasteiger partial charge in [0.2, 0.25) is 11.8 Å². The van der Waals surface area contributed by atoms with Gasteiger partial charge in [-0.25, -0.2) is 4.39 Å². The summed E-state index contributed by atoms with van der Waals surface area (Å²) >= 11 is 0. The Balaban J connectivity index is 0.00000289. The van der Waals surface area contributed by atoms with Crippen molar-refractivity contribution >= 4 is 35.6 Å². The predicted molar refractivity (Wildman–Crippen MR) is 70.2 cm³/mol. The molecule has 0 heterocycles. The van der Waals surface area contributed by atoms with Gasteiger partial charge in [-0.15, -0.1) is 12.4 Å². The molecule has 0 radical (unpaired) electrons.